The number of hydrogen-bond donors (Lipinski definition) is 1. The molecule has 1 N–H and O–H groups in total. The fraction of sp³-hybridized carbons (Fsp3) is 0.185. The first-order chi connectivity index (χ1) is 17.1. The molecule has 9 heteroatoms. The van der Waals surface area contributed by atoms with Crippen LogP contribution < -0.4 is 9.64 Å². The van der Waals surface area contributed by atoms with E-state index in [1.54, 1.807) is 12.1 Å². The minimum Gasteiger partial charge on any atom is -0.507 e. The summed E-state index contributed by atoms with van der Waals surface area (Å²) in [4.78, 5) is 27.0. The highest BCUT2D eigenvalue weighted by molar-refractivity contribution is 6.51. The lowest BCUT2D eigenvalue weighted by molar-refractivity contribution is -0.137. The minimum absolute atomic E-state index is 0.154. The molecule has 3 aromatic rings. The third-order valence-electron chi connectivity index (χ3n) is 5.70. The number of Topliss-reactive ketones (excluding diaryl/α,β-unsaturated/α-hetero) is 1. The zero-order chi connectivity index (χ0) is 26.0. The standard InChI is InChI=1S/C27H21F4NO4/c1-2-14-36-19-12-10-16(11-13-19)24(33)22-23(20-8-3-4-9-21(20)28)32(26(35)25(22)34)18-7-5-6-17(15-18)27(29,30)31/h3-13,15,23,33H,2,14H2,1H3/b24-22+. The molecule has 1 saturated heterocycles. The van der Waals surface area contributed by atoms with E-state index in [0.717, 1.165) is 29.5 Å². The highest BCUT2D eigenvalue weighted by atomic mass is 19.4. The summed E-state index contributed by atoms with van der Waals surface area (Å²) >= 11 is 0. The van der Waals surface area contributed by atoms with Crippen LogP contribution in [0.3, 0.4) is 0 Å². The smallest absolute Gasteiger partial charge is 0.416 e. The Balaban J connectivity index is 1.88. The van der Waals surface area contributed by atoms with Crippen LogP contribution >= 0.6 is 0 Å². The van der Waals surface area contributed by atoms with E-state index in [1.165, 1.54) is 36.4 Å². The molecule has 0 spiro atoms. The number of ether oxygens (including phenoxy) is 1. The second kappa shape index (κ2) is 9.85. The number of aliphatic hydroxyl groups is 1. The molecule has 1 aliphatic heterocycles. The second-order valence-corrected chi connectivity index (χ2v) is 8.11. The molecule has 0 bridgehead atoms. The Labute approximate surface area is 204 Å². The fourth-order valence-electron chi connectivity index (χ4n) is 4.01. The van der Waals surface area contributed by atoms with Gasteiger partial charge in [-0.25, -0.2) is 4.39 Å². The van der Waals surface area contributed by atoms with E-state index in [4.69, 9.17) is 4.74 Å². The summed E-state index contributed by atoms with van der Waals surface area (Å²) < 4.78 is 60.5. The number of alkyl halides is 3. The van der Waals surface area contributed by atoms with E-state index in [9.17, 15) is 32.3 Å². The first kappa shape index (κ1) is 25.0. The summed E-state index contributed by atoms with van der Waals surface area (Å²) in [5, 5.41) is 11.1. The van der Waals surface area contributed by atoms with Crippen molar-refractivity contribution in [2.45, 2.75) is 25.6 Å². The number of nitrogens with zero attached hydrogens (tertiary/aromatic N) is 1. The Hall–Kier alpha value is -4.14. The summed E-state index contributed by atoms with van der Waals surface area (Å²) in [7, 11) is 0. The van der Waals surface area contributed by atoms with E-state index in [-0.39, 0.29) is 16.8 Å². The molecule has 0 radical (unpaired) electrons. The van der Waals surface area contributed by atoms with Gasteiger partial charge >= 0.3 is 6.18 Å². The average Bonchev–Trinajstić information content (AvgIpc) is 3.12. The number of carbonyl (C=O) groups is 2. The van der Waals surface area contributed by atoms with Crippen LogP contribution in [0.25, 0.3) is 5.76 Å². The Kier molecular flexibility index (Phi) is 6.83. The molecular weight excluding hydrogens is 478 g/mol. The highest BCUT2D eigenvalue weighted by Crippen LogP contribution is 2.44. The molecule has 36 heavy (non-hydrogen) atoms. The van der Waals surface area contributed by atoms with Gasteiger partial charge in [0.25, 0.3) is 11.7 Å². The quantitative estimate of drug-likeness (QED) is 0.188. The van der Waals surface area contributed by atoms with Gasteiger partial charge in [0.1, 0.15) is 17.3 Å². The van der Waals surface area contributed by atoms with Crippen molar-refractivity contribution in [2.24, 2.45) is 0 Å². The van der Waals surface area contributed by atoms with E-state index in [2.05, 4.69) is 0 Å². The number of hydrogen-bond acceptors (Lipinski definition) is 4. The topological polar surface area (TPSA) is 66.8 Å². The Morgan fingerprint density at radius 2 is 1.69 bits per heavy atom. The predicted octanol–water partition coefficient (Wildman–Crippen LogP) is 6.26. The number of amides is 1. The summed E-state index contributed by atoms with van der Waals surface area (Å²) in [5.74, 6) is -3.20. The lowest BCUT2D eigenvalue weighted by Crippen LogP contribution is -2.30. The van der Waals surface area contributed by atoms with Gasteiger partial charge < -0.3 is 9.84 Å². The third kappa shape index (κ3) is 4.68. The monoisotopic (exact) mass is 499 g/mol. The maximum absolute atomic E-state index is 14.9. The van der Waals surface area contributed by atoms with Crippen molar-refractivity contribution in [2.75, 3.05) is 11.5 Å². The van der Waals surface area contributed by atoms with Crippen molar-refractivity contribution >= 4 is 23.1 Å². The fourth-order valence-corrected chi connectivity index (χ4v) is 4.01. The molecule has 1 aliphatic rings. The first-order valence-corrected chi connectivity index (χ1v) is 11.1. The van der Waals surface area contributed by atoms with Crippen molar-refractivity contribution in [3.05, 3.63) is 101 Å². The molecule has 1 amide bonds. The van der Waals surface area contributed by atoms with E-state index < -0.39 is 46.6 Å². The van der Waals surface area contributed by atoms with Crippen LogP contribution in [0.2, 0.25) is 0 Å². The van der Waals surface area contributed by atoms with Gasteiger partial charge in [-0.05, 0) is 55.0 Å². The molecule has 0 aliphatic carbocycles. The average molecular weight is 499 g/mol. The Morgan fingerprint density at radius 3 is 2.33 bits per heavy atom. The summed E-state index contributed by atoms with van der Waals surface area (Å²) in [6.45, 7) is 2.41. The zero-order valence-corrected chi connectivity index (χ0v) is 19.1. The molecule has 1 atom stereocenters. The van der Waals surface area contributed by atoms with Crippen LogP contribution in [-0.4, -0.2) is 23.4 Å². The number of anilines is 1. The maximum atomic E-state index is 14.9. The molecule has 3 aromatic carbocycles. The number of aliphatic hydroxyl groups excluding tert-OH is 1. The number of ketones is 1. The summed E-state index contributed by atoms with van der Waals surface area (Å²) in [5.41, 5.74) is -1.75. The molecule has 1 unspecified atom stereocenters. The largest absolute Gasteiger partial charge is 0.507 e. The molecule has 1 fully saturated rings. The molecule has 1 heterocycles. The number of benzene rings is 3. The maximum Gasteiger partial charge on any atom is 0.416 e. The SMILES string of the molecule is CCCOc1ccc(/C(O)=C2\C(=O)C(=O)N(c3cccc(C(F)(F)F)c3)C2c2ccccc2F)cc1. The second-order valence-electron chi connectivity index (χ2n) is 8.11. The van der Waals surface area contributed by atoms with Crippen molar-refractivity contribution in [3.63, 3.8) is 0 Å². The van der Waals surface area contributed by atoms with Crippen LogP contribution in [-0.2, 0) is 15.8 Å². The molecular formula is C27H21F4NO4. The lowest BCUT2D eigenvalue weighted by atomic mass is 9.94. The van der Waals surface area contributed by atoms with Gasteiger partial charge in [0.15, 0.2) is 0 Å². The van der Waals surface area contributed by atoms with Crippen LogP contribution in [0, 0.1) is 5.82 Å². The molecule has 5 nitrogen and oxygen atoms in total. The van der Waals surface area contributed by atoms with Gasteiger partial charge in [-0.1, -0.05) is 31.2 Å². The summed E-state index contributed by atoms with van der Waals surface area (Å²) in [6, 6.07) is 13.7. The van der Waals surface area contributed by atoms with Gasteiger partial charge in [0, 0.05) is 16.8 Å². The number of rotatable bonds is 6. The van der Waals surface area contributed by atoms with E-state index in [0.29, 0.717) is 18.4 Å². The van der Waals surface area contributed by atoms with E-state index in [1.807, 2.05) is 6.92 Å². The van der Waals surface area contributed by atoms with Gasteiger partial charge in [-0.3, -0.25) is 14.5 Å². The third-order valence-corrected chi connectivity index (χ3v) is 5.70. The predicted molar refractivity (Wildman–Crippen MR) is 125 cm³/mol. The normalized spacial score (nSPS) is 17.5. The van der Waals surface area contributed by atoms with Gasteiger partial charge in [0.05, 0.1) is 23.8 Å². The van der Waals surface area contributed by atoms with Crippen molar-refractivity contribution in [1.82, 2.24) is 0 Å². The summed E-state index contributed by atoms with van der Waals surface area (Å²) in [6.07, 6.45) is -3.93. The van der Waals surface area contributed by atoms with Gasteiger partial charge in [0.2, 0.25) is 0 Å². The van der Waals surface area contributed by atoms with Crippen molar-refractivity contribution in [1.29, 1.82) is 0 Å². The molecule has 186 valence electrons. The number of halogens is 4. The molecule has 4 rings (SSSR count). The van der Waals surface area contributed by atoms with Crippen LogP contribution in [0.15, 0.2) is 78.4 Å². The van der Waals surface area contributed by atoms with Crippen LogP contribution in [0.5, 0.6) is 5.75 Å². The highest BCUT2D eigenvalue weighted by Gasteiger charge is 2.48. The molecule has 0 aromatic heterocycles. The van der Waals surface area contributed by atoms with Gasteiger partial charge in [-0.15, -0.1) is 0 Å². The molecule has 0 saturated carbocycles. The first-order valence-electron chi connectivity index (χ1n) is 11.1. The Morgan fingerprint density at radius 1 is 1.00 bits per heavy atom. The van der Waals surface area contributed by atoms with Gasteiger partial charge in [-0.2, -0.15) is 13.2 Å². The minimum atomic E-state index is -4.71. The Bertz CT molecular complexity index is 1330. The lowest BCUT2D eigenvalue weighted by Gasteiger charge is -2.26. The van der Waals surface area contributed by atoms with Crippen molar-refractivity contribution in [3.8, 4) is 5.75 Å². The van der Waals surface area contributed by atoms with E-state index >= 15 is 0 Å². The van der Waals surface area contributed by atoms with Crippen LogP contribution in [0.4, 0.5) is 23.2 Å². The van der Waals surface area contributed by atoms with Crippen LogP contribution in [0.1, 0.15) is 36.1 Å². The zero-order valence-electron chi connectivity index (χ0n) is 19.1. The number of carbonyl (C=O) groups excluding carboxylic acids is 2. The van der Waals surface area contributed by atoms with Crippen molar-refractivity contribution < 1.29 is 37.0 Å².